The maximum absolute atomic E-state index is 13.0. The highest BCUT2D eigenvalue weighted by atomic mass is 32.2. The number of nitrogens with one attached hydrogen (secondary N) is 1. The average Bonchev–Trinajstić information content (AvgIpc) is 3.05. The zero-order valence-corrected chi connectivity index (χ0v) is 16.3. The predicted octanol–water partition coefficient (Wildman–Crippen LogP) is 4.84. The van der Waals surface area contributed by atoms with Crippen molar-refractivity contribution in [3.8, 4) is 5.75 Å². The van der Waals surface area contributed by atoms with Crippen LogP contribution in [-0.4, -0.2) is 30.1 Å². The average molecular weight is 369 g/mol. The lowest BCUT2D eigenvalue weighted by Crippen LogP contribution is -2.38. The molecule has 0 saturated carbocycles. The number of carbonyl (C=O) groups excluding carboxylic acids is 1. The van der Waals surface area contributed by atoms with Crippen LogP contribution < -0.4 is 15.0 Å². The van der Waals surface area contributed by atoms with Gasteiger partial charge in [0.05, 0.1) is 19.3 Å². The fraction of sp³-hybridized carbons (Fsp3) is 0.300. The molecule has 2 amide bonds. The Morgan fingerprint density at radius 2 is 1.92 bits per heavy atom. The Labute approximate surface area is 158 Å². The maximum atomic E-state index is 13.0. The highest BCUT2D eigenvalue weighted by Gasteiger charge is 2.27. The van der Waals surface area contributed by atoms with Crippen LogP contribution >= 0.6 is 11.8 Å². The molecule has 26 heavy (non-hydrogen) atoms. The van der Waals surface area contributed by atoms with Gasteiger partial charge in [0.25, 0.3) is 0 Å². The molecule has 0 spiro atoms. The number of nitrogens with zero attached hydrogens (tertiary/aromatic N) is 2. The molecule has 2 aromatic carbocycles. The van der Waals surface area contributed by atoms with E-state index in [0.717, 1.165) is 28.7 Å². The normalized spacial score (nSPS) is 16.2. The first-order valence-electron chi connectivity index (χ1n) is 8.51. The summed E-state index contributed by atoms with van der Waals surface area (Å²) in [5.41, 5.74) is 3.86. The zero-order valence-electron chi connectivity index (χ0n) is 15.4. The lowest BCUT2D eigenvalue weighted by molar-refractivity contribution is 0.259. The van der Waals surface area contributed by atoms with Crippen molar-refractivity contribution in [3.05, 3.63) is 53.6 Å². The van der Waals surface area contributed by atoms with Crippen LogP contribution in [0.25, 0.3) is 0 Å². The number of benzene rings is 2. The number of thioether (sulfide) groups is 1. The smallest absolute Gasteiger partial charge is 0.332 e. The number of rotatable bonds is 3. The summed E-state index contributed by atoms with van der Waals surface area (Å²) in [6.07, 6.45) is 0. The molecule has 2 aromatic rings. The van der Waals surface area contributed by atoms with Gasteiger partial charge in [0.1, 0.15) is 5.75 Å². The summed E-state index contributed by atoms with van der Waals surface area (Å²) in [6.45, 7) is 6.94. The number of aliphatic imine (C=N–C) groups is 1. The van der Waals surface area contributed by atoms with Crippen LogP contribution in [0, 0.1) is 13.8 Å². The van der Waals surface area contributed by atoms with Crippen LogP contribution in [-0.2, 0) is 0 Å². The molecule has 136 valence electrons. The predicted molar refractivity (Wildman–Crippen MR) is 110 cm³/mol. The van der Waals surface area contributed by atoms with E-state index in [9.17, 15) is 4.79 Å². The number of carbonyl (C=O) groups is 1. The molecule has 6 heteroatoms. The number of hydrogen-bond acceptors (Lipinski definition) is 4. The van der Waals surface area contributed by atoms with E-state index in [-0.39, 0.29) is 6.03 Å². The van der Waals surface area contributed by atoms with E-state index in [4.69, 9.17) is 4.74 Å². The number of anilines is 2. The lowest BCUT2D eigenvalue weighted by atomic mass is 10.1. The van der Waals surface area contributed by atoms with Crippen LogP contribution in [0.2, 0.25) is 0 Å². The maximum Gasteiger partial charge on any atom is 0.332 e. The van der Waals surface area contributed by atoms with E-state index < -0.39 is 0 Å². The third kappa shape index (κ3) is 4.02. The Morgan fingerprint density at radius 1 is 1.19 bits per heavy atom. The van der Waals surface area contributed by atoms with Gasteiger partial charge in [-0.15, -0.1) is 0 Å². The highest BCUT2D eigenvalue weighted by Crippen LogP contribution is 2.29. The first-order chi connectivity index (χ1) is 12.5. The van der Waals surface area contributed by atoms with Gasteiger partial charge in [0.15, 0.2) is 5.17 Å². The first-order valence-corrected chi connectivity index (χ1v) is 9.39. The second-order valence-electron chi connectivity index (χ2n) is 6.31. The Hall–Kier alpha value is -2.47. The van der Waals surface area contributed by atoms with Crippen molar-refractivity contribution in [2.45, 2.75) is 26.0 Å². The van der Waals surface area contributed by atoms with Gasteiger partial charge >= 0.3 is 6.03 Å². The minimum atomic E-state index is -0.223. The van der Waals surface area contributed by atoms with Crippen molar-refractivity contribution in [3.63, 3.8) is 0 Å². The SMILES string of the molecule is COc1ccc(NC(=O)N(C2=NCC(C)S2)c2ccc(C)c(C)c2)cc1. The fourth-order valence-corrected chi connectivity index (χ4v) is 3.57. The van der Waals surface area contributed by atoms with Crippen LogP contribution in [0.3, 0.4) is 0 Å². The van der Waals surface area contributed by atoms with E-state index >= 15 is 0 Å². The fourth-order valence-electron chi connectivity index (χ4n) is 2.62. The molecule has 1 aliphatic rings. The van der Waals surface area contributed by atoms with Crippen LogP contribution in [0.5, 0.6) is 5.75 Å². The van der Waals surface area contributed by atoms with Crippen molar-refractivity contribution in [1.29, 1.82) is 0 Å². The zero-order chi connectivity index (χ0) is 18.7. The summed E-state index contributed by atoms with van der Waals surface area (Å²) < 4.78 is 5.16. The van der Waals surface area contributed by atoms with Gasteiger partial charge < -0.3 is 10.1 Å². The summed E-state index contributed by atoms with van der Waals surface area (Å²) in [7, 11) is 1.62. The number of amidine groups is 1. The summed E-state index contributed by atoms with van der Waals surface area (Å²) >= 11 is 1.62. The molecule has 1 aliphatic heterocycles. The standard InChI is InChI=1S/C20H23N3O2S/c1-13-5-8-17(11-14(13)2)23(20-21-12-15(3)26-20)19(24)22-16-6-9-18(25-4)10-7-16/h5-11,15H,12H2,1-4H3,(H,22,24). The molecule has 0 fully saturated rings. The number of urea groups is 1. The van der Waals surface area contributed by atoms with Crippen molar-refractivity contribution in [2.75, 3.05) is 23.9 Å². The molecule has 0 radical (unpaired) electrons. The molecule has 1 unspecified atom stereocenters. The van der Waals surface area contributed by atoms with Crippen molar-refractivity contribution >= 4 is 34.3 Å². The minimum Gasteiger partial charge on any atom is -0.497 e. The van der Waals surface area contributed by atoms with Crippen molar-refractivity contribution < 1.29 is 9.53 Å². The molecule has 1 N–H and O–H groups in total. The Morgan fingerprint density at radius 3 is 2.50 bits per heavy atom. The van der Waals surface area contributed by atoms with Gasteiger partial charge in [0, 0.05) is 10.9 Å². The van der Waals surface area contributed by atoms with E-state index in [0.29, 0.717) is 10.9 Å². The van der Waals surface area contributed by atoms with E-state index in [1.807, 2.05) is 49.4 Å². The second-order valence-corrected chi connectivity index (χ2v) is 7.72. The summed E-state index contributed by atoms with van der Waals surface area (Å²) in [6, 6.07) is 13.1. The highest BCUT2D eigenvalue weighted by molar-refractivity contribution is 8.15. The lowest BCUT2D eigenvalue weighted by Gasteiger charge is -2.23. The number of hydrogen-bond donors (Lipinski definition) is 1. The minimum absolute atomic E-state index is 0.223. The summed E-state index contributed by atoms with van der Waals surface area (Å²) in [5, 5.41) is 4.05. The molecule has 0 aliphatic carbocycles. The third-order valence-corrected chi connectivity index (χ3v) is 5.35. The number of methoxy groups -OCH3 is 1. The van der Waals surface area contributed by atoms with E-state index in [1.165, 1.54) is 5.56 Å². The van der Waals surface area contributed by atoms with Crippen LogP contribution in [0.1, 0.15) is 18.1 Å². The van der Waals surface area contributed by atoms with Gasteiger partial charge in [-0.25, -0.2) is 9.69 Å². The van der Waals surface area contributed by atoms with E-state index in [1.54, 1.807) is 23.8 Å². The van der Waals surface area contributed by atoms with Gasteiger partial charge in [-0.05, 0) is 61.4 Å². The van der Waals surface area contributed by atoms with Gasteiger partial charge in [0.2, 0.25) is 0 Å². The second kappa shape index (κ2) is 7.83. The molecule has 0 bridgehead atoms. The first kappa shape index (κ1) is 18.3. The van der Waals surface area contributed by atoms with Crippen LogP contribution in [0.4, 0.5) is 16.2 Å². The number of amides is 2. The largest absolute Gasteiger partial charge is 0.497 e. The Kier molecular flexibility index (Phi) is 5.52. The van der Waals surface area contributed by atoms with Crippen molar-refractivity contribution in [1.82, 2.24) is 0 Å². The number of ether oxygens (including phenoxy) is 1. The van der Waals surface area contributed by atoms with Gasteiger partial charge in [-0.2, -0.15) is 0 Å². The van der Waals surface area contributed by atoms with Gasteiger partial charge in [-0.1, -0.05) is 24.8 Å². The molecular weight excluding hydrogens is 346 g/mol. The van der Waals surface area contributed by atoms with Gasteiger partial charge in [-0.3, -0.25) is 4.99 Å². The molecule has 5 nitrogen and oxygen atoms in total. The molecule has 0 aromatic heterocycles. The Balaban J connectivity index is 1.89. The summed E-state index contributed by atoms with van der Waals surface area (Å²) in [4.78, 5) is 19.3. The molecule has 0 saturated heterocycles. The van der Waals surface area contributed by atoms with Crippen LogP contribution in [0.15, 0.2) is 47.5 Å². The molecule has 3 rings (SSSR count). The molecular formula is C20H23N3O2S. The topological polar surface area (TPSA) is 53.9 Å². The van der Waals surface area contributed by atoms with E-state index in [2.05, 4.69) is 24.2 Å². The third-order valence-electron chi connectivity index (χ3n) is 4.27. The molecule has 1 heterocycles. The monoisotopic (exact) mass is 369 g/mol. The van der Waals surface area contributed by atoms with Crippen molar-refractivity contribution in [2.24, 2.45) is 4.99 Å². The summed E-state index contributed by atoms with van der Waals surface area (Å²) in [5.74, 6) is 0.749. The number of aryl methyl sites for hydroxylation is 2. The molecule has 1 atom stereocenters. The Bertz CT molecular complexity index is 833. The quantitative estimate of drug-likeness (QED) is 0.842.